The quantitative estimate of drug-likeness (QED) is 0.419. The van der Waals surface area contributed by atoms with Crippen LogP contribution in [0, 0.1) is 11.7 Å². The number of hydrogen-bond donors (Lipinski definition) is 1. The highest BCUT2D eigenvalue weighted by Gasteiger charge is 2.36. The largest absolute Gasteiger partial charge is 0.486 e. The van der Waals surface area contributed by atoms with Gasteiger partial charge in [-0.1, -0.05) is 35.2 Å². The van der Waals surface area contributed by atoms with E-state index in [1.54, 1.807) is 35.2 Å². The first kappa shape index (κ1) is 21.7. The van der Waals surface area contributed by atoms with Crippen LogP contribution in [0.4, 0.5) is 15.2 Å². The maximum atomic E-state index is 13.0. The molecule has 2 aromatic carbocycles. The summed E-state index contributed by atoms with van der Waals surface area (Å²) in [6.07, 6.45) is 0.116. The molecule has 0 bridgehead atoms. The van der Waals surface area contributed by atoms with Gasteiger partial charge in [-0.05, 0) is 29.8 Å². The third-order valence-corrected chi connectivity index (χ3v) is 7.29. The molecule has 1 fully saturated rings. The molecular weight excluding hydrogens is 467 g/mol. The summed E-state index contributed by atoms with van der Waals surface area (Å²) in [5.74, 6) is 0.695. The van der Waals surface area contributed by atoms with Crippen molar-refractivity contribution in [3.63, 3.8) is 0 Å². The Morgan fingerprint density at radius 3 is 2.76 bits per heavy atom. The van der Waals surface area contributed by atoms with E-state index in [4.69, 9.17) is 9.47 Å². The molecule has 1 saturated heterocycles. The number of fused-ring (bicyclic) bond motifs is 1. The normalized spacial score (nSPS) is 17.3. The molecule has 170 valence electrons. The molecule has 1 aromatic heterocycles. The summed E-state index contributed by atoms with van der Waals surface area (Å²) < 4.78 is 24.8. The first-order valence-corrected chi connectivity index (χ1v) is 12.1. The van der Waals surface area contributed by atoms with Crippen molar-refractivity contribution < 1.29 is 23.5 Å². The van der Waals surface area contributed by atoms with Crippen molar-refractivity contribution in [2.24, 2.45) is 5.92 Å². The standard InChI is InChI=1S/C22H19FN4O4S2/c23-15-3-1-13(2-4-15)12-32-22-26-25-21(33-22)24-20(29)14-9-19(28)27(11-14)16-5-6-17-18(10-16)31-8-7-30-17/h1-6,10,14H,7-9,11-12H2,(H,24,25,29)/t14-/m0/s1. The van der Waals surface area contributed by atoms with Gasteiger partial charge in [-0.3, -0.25) is 9.59 Å². The molecule has 3 aromatic rings. The fourth-order valence-electron chi connectivity index (χ4n) is 3.58. The zero-order valence-corrected chi connectivity index (χ0v) is 19.0. The molecule has 3 heterocycles. The molecule has 0 spiro atoms. The lowest BCUT2D eigenvalue weighted by Crippen LogP contribution is -2.28. The van der Waals surface area contributed by atoms with Gasteiger partial charge >= 0.3 is 0 Å². The van der Waals surface area contributed by atoms with Gasteiger partial charge in [0.05, 0.1) is 5.92 Å². The summed E-state index contributed by atoms with van der Waals surface area (Å²) >= 11 is 2.72. The Bertz CT molecular complexity index is 1190. The topological polar surface area (TPSA) is 93.7 Å². The maximum absolute atomic E-state index is 13.0. The van der Waals surface area contributed by atoms with E-state index in [-0.39, 0.29) is 30.6 Å². The van der Waals surface area contributed by atoms with Gasteiger partial charge in [0.1, 0.15) is 19.0 Å². The number of anilines is 2. The Morgan fingerprint density at radius 1 is 1.15 bits per heavy atom. The molecule has 5 rings (SSSR count). The number of amides is 2. The average Bonchev–Trinajstić information content (AvgIpc) is 3.44. The van der Waals surface area contributed by atoms with Crippen molar-refractivity contribution in [1.29, 1.82) is 0 Å². The number of carbonyl (C=O) groups is 2. The minimum Gasteiger partial charge on any atom is -0.486 e. The molecule has 0 unspecified atom stereocenters. The molecule has 2 aliphatic rings. The number of aromatic nitrogens is 2. The second kappa shape index (κ2) is 9.36. The molecule has 1 N–H and O–H groups in total. The summed E-state index contributed by atoms with van der Waals surface area (Å²) in [5, 5.41) is 11.3. The predicted molar refractivity (Wildman–Crippen MR) is 122 cm³/mol. The molecule has 8 nitrogen and oxygen atoms in total. The van der Waals surface area contributed by atoms with Gasteiger partial charge in [0.2, 0.25) is 16.9 Å². The number of carbonyl (C=O) groups excluding carboxylic acids is 2. The van der Waals surface area contributed by atoms with Crippen LogP contribution in [0.1, 0.15) is 12.0 Å². The summed E-state index contributed by atoms with van der Waals surface area (Å²) in [6.45, 7) is 1.23. The number of ether oxygens (including phenoxy) is 2. The van der Waals surface area contributed by atoms with Gasteiger partial charge in [0.15, 0.2) is 15.8 Å². The van der Waals surface area contributed by atoms with Crippen LogP contribution in [0.5, 0.6) is 11.5 Å². The summed E-state index contributed by atoms with van der Waals surface area (Å²) in [7, 11) is 0. The van der Waals surface area contributed by atoms with Crippen LogP contribution in [-0.2, 0) is 15.3 Å². The Morgan fingerprint density at radius 2 is 1.94 bits per heavy atom. The molecule has 0 aliphatic carbocycles. The maximum Gasteiger partial charge on any atom is 0.231 e. The molecule has 1 atom stereocenters. The second-order valence-electron chi connectivity index (χ2n) is 7.51. The third-order valence-electron chi connectivity index (χ3n) is 5.25. The first-order valence-electron chi connectivity index (χ1n) is 10.3. The van der Waals surface area contributed by atoms with Gasteiger partial charge in [-0.25, -0.2) is 4.39 Å². The predicted octanol–water partition coefficient (Wildman–Crippen LogP) is 3.73. The van der Waals surface area contributed by atoms with Crippen molar-refractivity contribution in [2.45, 2.75) is 16.5 Å². The van der Waals surface area contributed by atoms with Gasteiger partial charge in [0, 0.05) is 30.5 Å². The molecule has 2 amide bonds. The van der Waals surface area contributed by atoms with Crippen LogP contribution < -0.4 is 19.7 Å². The van der Waals surface area contributed by atoms with Gasteiger partial charge in [-0.15, -0.1) is 10.2 Å². The Balaban J connectivity index is 1.18. The molecule has 0 saturated carbocycles. The number of benzene rings is 2. The van der Waals surface area contributed by atoms with E-state index >= 15 is 0 Å². The minimum atomic E-state index is -0.495. The van der Waals surface area contributed by atoms with E-state index in [1.165, 1.54) is 35.2 Å². The first-order chi connectivity index (χ1) is 16.0. The average molecular weight is 487 g/mol. The Hall–Kier alpha value is -3.18. The van der Waals surface area contributed by atoms with Crippen LogP contribution in [-0.4, -0.2) is 41.8 Å². The molecule has 11 heteroatoms. The lowest BCUT2D eigenvalue weighted by molar-refractivity contribution is -0.122. The minimum absolute atomic E-state index is 0.116. The summed E-state index contributed by atoms with van der Waals surface area (Å²) in [4.78, 5) is 26.9. The van der Waals surface area contributed by atoms with E-state index in [0.29, 0.717) is 45.6 Å². The monoisotopic (exact) mass is 486 g/mol. The van der Waals surface area contributed by atoms with Crippen molar-refractivity contribution in [2.75, 3.05) is 30.0 Å². The smallest absolute Gasteiger partial charge is 0.231 e. The SMILES string of the molecule is O=C(Nc1nnc(SCc2ccc(F)cc2)s1)[C@H]1CC(=O)N(c2ccc3c(c2)OCCO3)C1. The van der Waals surface area contributed by atoms with Gasteiger partial charge in [-0.2, -0.15) is 0 Å². The Kier molecular flexibility index (Phi) is 6.14. The highest BCUT2D eigenvalue weighted by atomic mass is 32.2. The lowest BCUT2D eigenvalue weighted by Gasteiger charge is -2.22. The third kappa shape index (κ3) is 4.93. The van der Waals surface area contributed by atoms with Crippen LogP contribution >= 0.6 is 23.1 Å². The molecule has 2 aliphatic heterocycles. The number of rotatable bonds is 6. The van der Waals surface area contributed by atoms with E-state index in [0.717, 1.165) is 5.56 Å². The van der Waals surface area contributed by atoms with E-state index in [1.807, 2.05) is 0 Å². The number of halogens is 1. The van der Waals surface area contributed by atoms with Crippen LogP contribution in [0.3, 0.4) is 0 Å². The number of hydrogen-bond acceptors (Lipinski definition) is 8. The number of nitrogens with zero attached hydrogens (tertiary/aromatic N) is 3. The van der Waals surface area contributed by atoms with Crippen molar-refractivity contribution in [1.82, 2.24) is 10.2 Å². The fraction of sp³-hybridized carbons (Fsp3) is 0.273. The van der Waals surface area contributed by atoms with Gasteiger partial charge < -0.3 is 19.7 Å². The highest BCUT2D eigenvalue weighted by Crippen LogP contribution is 2.36. The van der Waals surface area contributed by atoms with Crippen LogP contribution in [0.15, 0.2) is 46.8 Å². The summed E-state index contributed by atoms with van der Waals surface area (Å²) in [6, 6.07) is 11.6. The van der Waals surface area contributed by atoms with Gasteiger partial charge in [0.25, 0.3) is 0 Å². The van der Waals surface area contributed by atoms with E-state index in [2.05, 4.69) is 15.5 Å². The number of thioether (sulfide) groups is 1. The van der Waals surface area contributed by atoms with Crippen molar-refractivity contribution in [3.05, 3.63) is 53.8 Å². The highest BCUT2D eigenvalue weighted by molar-refractivity contribution is 8.00. The summed E-state index contributed by atoms with van der Waals surface area (Å²) in [5.41, 5.74) is 1.64. The molecule has 0 radical (unpaired) electrons. The van der Waals surface area contributed by atoms with Crippen molar-refractivity contribution >= 4 is 45.7 Å². The van der Waals surface area contributed by atoms with E-state index in [9.17, 15) is 14.0 Å². The van der Waals surface area contributed by atoms with Crippen LogP contribution in [0.25, 0.3) is 0 Å². The van der Waals surface area contributed by atoms with E-state index < -0.39 is 5.92 Å². The van der Waals surface area contributed by atoms with Crippen molar-refractivity contribution in [3.8, 4) is 11.5 Å². The lowest BCUT2D eigenvalue weighted by atomic mass is 10.1. The number of nitrogens with one attached hydrogen (secondary N) is 1. The molecular formula is C22H19FN4O4S2. The van der Waals surface area contributed by atoms with Crippen LogP contribution in [0.2, 0.25) is 0 Å². The Labute approximate surface area is 197 Å². The zero-order valence-electron chi connectivity index (χ0n) is 17.3. The second-order valence-corrected chi connectivity index (χ2v) is 9.71. The zero-order chi connectivity index (χ0) is 22.8. The fourth-order valence-corrected chi connectivity index (χ4v) is 5.30. The molecule has 33 heavy (non-hydrogen) atoms.